The molecule has 0 aliphatic heterocycles. The van der Waals surface area contributed by atoms with Crippen molar-refractivity contribution in [3.63, 3.8) is 0 Å². The van der Waals surface area contributed by atoms with Gasteiger partial charge in [0.1, 0.15) is 16.4 Å². The van der Waals surface area contributed by atoms with Crippen molar-refractivity contribution in [2.24, 2.45) is 5.14 Å². The van der Waals surface area contributed by atoms with Crippen LogP contribution in [0.5, 0.6) is 17.2 Å². The van der Waals surface area contributed by atoms with Gasteiger partial charge in [0.25, 0.3) is 0 Å². The third-order valence-electron chi connectivity index (χ3n) is 4.21. The van der Waals surface area contributed by atoms with Crippen LogP contribution < -0.4 is 19.9 Å². The van der Waals surface area contributed by atoms with Gasteiger partial charge in [-0.2, -0.15) is 0 Å². The number of benzene rings is 3. The molecule has 0 amide bonds. The number of methoxy groups -OCH3 is 1. The Balaban J connectivity index is 2.08. The molecule has 0 saturated heterocycles. The van der Waals surface area contributed by atoms with Gasteiger partial charge < -0.3 is 19.9 Å². The summed E-state index contributed by atoms with van der Waals surface area (Å²) in [7, 11) is -2.76. The molecular weight excluding hydrogens is 408 g/mol. The molecule has 8 nitrogen and oxygen atoms in total. The molecule has 0 aliphatic carbocycles. The number of anilines is 1. The third kappa shape index (κ3) is 5.07. The standard InChI is InChI=1S/C21H20N2O6S/c1-28-16-7-9-17(10-8-16)29-20-18(23-13-14-5-3-2-4-6-14)11-15(21(24)25)12-19(20)30(22,26)27/h2-12,23H,13H2,1H3,(H,24,25)(H2,22,26,27). The second-order valence-corrected chi connectivity index (χ2v) is 7.85. The lowest BCUT2D eigenvalue weighted by Crippen LogP contribution is -2.16. The normalized spacial score (nSPS) is 11.0. The Morgan fingerprint density at radius 1 is 1.03 bits per heavy atom. The molecule has 0 spiro atoms. The maximum absolute atomic E-state index is 12.2. The van der Waals surface area contributed by atoms with Crippen molar-refractivity contribution < 1.29 is 27.8 Å². The zero-order chi connectivity index (χ0) is 21.7. The van der Waals surface area contributed by atoms with E-state index in [0.717, 1.165) is 11.6 Å². The molecule has 0 radical (unpaired) electrons. The van der Waals surface area contributed by atoms with Gasteiger partial charge in [0.05, 0.1) is 18.4 Å². The second-order valence-electron chi connectivity index (χ2n) is 6.32. The number of aromatic carboxylic acids is 1. The van der Waals surface area contributed by atoms with Crippen molar-refractivity contribution in [1.29, 1.82) is 0 Å². The number of nitrogens with one attached hydrogen (secondary N) is 1. The summed E-state index contributed by atoms with van der Waals surface area (Å²) >= 11 is 0. The van der Waals surface area contributed by atoms with Crippen molar-refractivity contribution in [1.82, 2.24) is 0 Å². The van der Waals surface area contributed by atoms with Gasteiger partial charge in [0, 0.05) is 6.54 Å². The molecule has 156 valence electrons. The summed E-state index contributed by atoms with van der Waals surface area (Å²) in [6, 6.07) is 18.1. The molecule has 0 heterocycles. The van der Waals surface area contributed by atoms with E-state index in [9.17, 15) is 18.3 Å². The van der Waals surface area contributed by atoms with Gasteiger partial charge in [-0.15, -0.1) is 0 Å². The van der Waals surface area contributed by atoms with E-state index < -0.39 is 20.9 Å². The number of hydrogen-bond acceptors (Lipinski definition) is 6. The molecule has 0 aliphatic rings. The number of carboxylic acid groups (broad SMARTS) is 1. The minimum Gasteiger partial charge on any atom is -0.497 e. The molecule has 0 unspecified atom stereocenters. The van der Waals surface area contributed by atoms with Crippen LogP contribution in [0.3, 0.4) is 0 Å². The topological polar surface area (TPSA) is 128 Å². The molecule has 3 aromatic carbocycles. The van der Waals surface area contributed by atoms with E-state index in [2.05, 4.69) is 5.32 Å². The van der Waals surface area contributed by atoms with E-state index in [1.165, 1.54) is 13.2 Å². The average molecular weight is 428 g/mol. The van der Waals surface area contributed by atoms with E-state index in [4.69, 9.17) is 14.6 Å². The van der Waals surface area contributed by atoms with E-state index in [1.54, 1.807) is 24.3 Å². The van der Waals surface area contributed by atoms with E-state index in [1.807, 2.05) is 30.3 Å². The minimum absolute atomic E-state index is 0.0939. The van der Waals surface area contributed by atoms with Crippen molar-refractivity contribution in [3.8, 4) is 17.2 Å². The van der Waals surface area contributed by atoms with Crippen LogP contribution in [-0.2, 0) is 16.6 Å². The molecule has 0 saturated carbocycles. The van der Waals surface area contributed by atoms with Crippen molar-refractivity contribution in [2.45, 2.75) is 11.4 Å². The highest BCUT2D eigenvalue weighted by atomic mass is 32.2. The summed E-state index contributed by atoms with van der Waals surface area (Å²) in [5, 5.41) is 17.8. The second kappa shape index (κ2) is 8.85. The van der Waals surface area contributed by atoms with Crippen LogP contribution in [0.1, 0.15) is 15.9 Å². The fourth-order valence-electron chi connectivity index (χ4n) is 2.73. The smallest absolute Gasteiger partial charge is 0.335 e. The van der Waals surface area contributed by atoms with Crippen molar-refractivity contribution in [2.75, 3.05) is 12.4 Å². The Morgan fingerprint density at radius 2 is 1.67 bits per heavy atom. The minimum atomic E-state index is -4.28. The monoisotopic (exact) mass is 428 g/mol. The first kappa shape index (κ1) is 21.2. The molecule has 3 rings (SSSR count). The molecule has 4 N–H and O–H groups in total. The van der Waals surface area contributed by atoms with Crippen LogP contribution in [0.4, 0.5) is 5.69 Å². The van der Waals surface area contributed by atoms with Crippen LogP contribution in [0.15, 0.2) is 71.6 Å². The predicted octanol–water partition coefficient (Wildman–Crippen LogP) is 3.45. The maximum Gasteiger partial charge on any atom is 0.335 e. The Kier molecular flexibility index (Phi) is 6.24. The lowest BCUT2D eigenvalue weighted by atomic mass is 10.1. The maximum atomic E-state index is 12.2. The number of primary sulfonamides is 1. The SMILES string of the molecule is COc1ccc(Oc2c(NCc3ccccc3)cc(C(=O)O)cc2S(N)(=O)=O)cc1. The van der Waals surface area contributed by atoms with Crippen LogP contribution in [0, 0.1) is 0 Å². The summed E-state index contributed by atoms with van der Waals surface area (Å²) in [5.41, 5.74) is 0.848. The molecule has 9 heteroatoms. The largest absolute Gasteiger partial charge is 0.497 e. The lowest BCUT2D eigenvalue weighted by Gasteiger charge is -2.17. The Hall–Kier alpha value is -3.56. The summed E-state index contributed by atoms with van der Waals surface area (Å²) in [5.74, 6) is -0.466. The van der Waals surface area contributed by atoms with Crippen molar-refractivity contribution >= 4 is 21.7 Å². The van der Waals surface area contributed by atoms with E-state index in [0.29, 0.717) is 18.0 Å². The first-order chi connectivity index (χ1) is 14.3. The Bertz CT molecular complexity index is 1150. The van der Waals surface area contributed by atoms with Crippen LogP contribution in [0.25, 0.3) is 0 Å². The fraction of sp³-hybridized carbons (Fsp3) is 0.0952. The van der Waals surface area contributed by atoms with Crippen LogP contribution in [0.2, 0.25) is 0 Å². The van der Waals surface area contributed by atoms with Gasteiger partial charge in [-0.3, -0.25) is 0 Å². The van der Waals surface area contributed by atoms with Gasteiger partial charge in [-0.1, -0.05) is 30.3 Å². The highest BCUT2D eigenvalue weighted by Gasteiger charge is 2.23. The van der Waals surface area contributed by atoms with Gasteiger partial charge in [0.15, 0.2) is 5.75 Å². The summed E-state index contributed by atoms with van der Waals surface area (Å²) in [6.07, 6.45) is 0. The Labute approximate surface area is 173 Å². The highest BCUT2D eigenvalue weighted by Crippen LogP contribution is 2.37. The first-order valence-corrected chi connectivity index (χ1v) is 10.4. The number of rotatable bonds is 8. The van der Waals surface area contributed by atoms with Crippen LogP contribution >= 0.6 is 0 Å². The summed E-state index contributed by atoms with van der Waals surface area (Å²) < 4.78 is 35.3. The van der Waals surface area contributed by atoms with Crippen LogP contribution in [-0.4, -0.2) is 26.6 Å². The quantitative estimate of drug-likeness (QED) is 0.501. The van der Waals surface area contributed by atoms with Gasteiger partial charge >= 0.3 is 5.97 Å². The number of hydrogen-bond donors (Lipinski definition) is 3. The zero-order valence-electron chi connectivity index (χ0n) is 16.0. The van der Waals surface area contributed by atoms with Gasteiger partial charge in [0.2, 0.25) is 10.0 Å². The summed E-state index contributed by atoms with van der Waals surface area (Å²) in [6.45, 7) is 0.312. The Morgan fingerprint density at radius 3 is 2.23 bits per heavy atom. The number of sulfonamides is 1. The molecule has 0 aromatic heterocycles. The molecular formula is C21H20N2O6S. The zero-order valence-corrected chi connectivity index (χ0v) is 16.8. The van der Waals surface area contributed by atoms with E-state index in [-0.39, 0.29) is 17.0 Å². The van der Waals surface area contributed by atoms with Gasteiger partial charge in [-0.05, 0) is 42.0 Å². The predicted molar refractivity (Wildman–Crippen MR) is 112 cm³/mol. The lowest BCUT2D eigenvalue weighted by molar-refractivity contribution is 0.0696. The third-order valence-corrected chi connectivity index (χ3v) is 5.13. The molecule has 30 heavy (non-hydrogen) atoms. The number of carboxylic acids is 1. The molecule has 0 atom stereocenters. The highest BCUT2D eigenvalue weighted by molar-refractivity contribution is 7.89. The van der Waals surface area contributed by atoms with E-state index >= 15 is 0 Å². The number of carbonyl (C=O) groups is 1. The number of ether oxygens (including phenoxy) is 2. The summed E-state index contributed by atoms with van der Waals surface area (Å²) in [4.78, 5) is 11.1. The number of nitrogens with two attached hydrogens (primary N) is 1. The molecule has 0 fully saturated rings. The van der Waals surface area contributed by atoms with Gasteiger partial charge in [-0.25, -0.2) is 18.4 Å². The molecule has 0 bridgehead atoms. The molecule has 3 aromatic rings. The van der Waals surface area contributed by atoms with Crippen molar-refractivity contribution in [3.05, 3.63) is 77.9 Å². The first-order valence-electron chi connectivity index (χ1n) is 8.82. The average Bonchev–Trinajstić information content (AvgIpc) is 2.73. The fourth-order valence-corrected chi connectivity index (χ4v) is 3.43.